The van der Waals surface area contributed by atoms with Crippen LogP contribution in [0.2, 0.25) is 0 Å². The van der Waals surface area contributed by atoms with Gasteiger partial charge in [0.15, 0.2) is 5.78 Å². The zero-order valence-electron chi connectivity index (χ0n) is 17.6. The molecule has 1 rings (SSSR count). The number of carbonyl (C=O) groups is 2. The summed E-state index contributed by atoms with van der Waals surface area (Å²) in [6.07, 6.45) is 10.3. The molecule has 2 N–H and O–H groups in total. The molecule has 2 atom stereocenters. The van der Waals surface area contributed by atoms with Crippen molar-refractivity contribution in [1.82, 2.24) is 5.32 Å². The third-order valence-electron chi connectivity index (χ3n) is 4.51. The highest BCUT2D eigenvalue weighted by Crippen LogP contribution is 2.26. The quantitative estimate of drug-likeness (QED) is 0.409. The van der Waals surface area contributed by atoms with E-state index in [4.69, 9.17) is 4.42 Å². The zero-order chi connectivity index (χ0) is 21.8. The zero-order valence-corrected chi connectivity index (χ0v) is 17.6. The molecule has 0 aliphatic carbocycles. The summed E-state index contributed by atoms with van der Waals surface area (Å²) in [7, 11) is 1.28. The van der Waals surface area contributed by atoms with Crippen LogP contribution < -0.4 is 10.9 Å². The van der Waals surface area contributed by atoms with E-state index in [1.807, 2.05) is 19.1 Å². The summed E-state index contributed by atoms with van der Waals surface area (Å²) in [4.78, 5) is 35.8. The lowest BCUT2D eigenvalue weighted by Crippen LogP contribution is -2.20. The number of ketones is 1. The molecule has 0 fully saturated rings. The SMILES string of the molecule is CCC/C=C/CC(C)C(=O)c1c(O)cc(C(C)CC/C=C/NC(=O)OC)oc1=O. The van der Waals surface area contributed by atoms with Crippen LogP contribution in [0.3, 0.4) is 0 Å². The number of amides is 1. The van der Waals surface area contributed by atoms with Crippen molar-refractivity contribution in [1.29, 1.82) is 0 Å². The maximum atomic E-state index is 12.5. The predicted octanol–water partition coefficient (Wildman–Crippen LogP) is 4.66. The second kappa shape index (κ2) is 12.6. The molecule has 0 radical (unpaired) electrons. The summed E-state index contributed by atoms with van der Waals surface area (Å²) < 4.78 is 9.75. The van der Waals surface area contributed by atoms with Gasteiger partial charge in [-0.3, -0.25) is 10.1 Å². The number of hydrogen-bond donors (Lipinski definition) is 2. The highest BCUT2D eigenvalue weighted by atomic mass is 16.5. The molecule has 160 valence electrons. The molecule has 7 heteroatoms. The van der Waals surface area contributed by atoms with Gasteiger partial charge in [-0.05, 0) is 25.7 Å². The van der Waals surface area contributed by atoms with Gasteiger partial charge in [-0.1, -0.05) is 45.4 Å². The Morgan fingerprint density at radius 2 is 1.97 bits per heavy atom. The summed E-state index contributed by atoms with van der Waals surface area (Å²) in [6.45, 7) is 5.64. The number of nitrogens with one attached hydrogen (secondary N) is 1. The van der Waals surface area contributed by atoms with E-state index in [0.29, 0.717) is 25.0 Å². The van der Waals surface area contributed by atoms with E-state index in [9.17, 15) is 19.5 Å². The van der Waals surface area contributed by atoms with Gasteiger partial charge in [-0.2, -0.15) is 0 Å². The van der Waals surface area contributed by atoms with E-state index < -0.39 is 23.4 Å². The van der Waals surface area contributed by atoms with E-state index in [-0.39, 0.29) is 17.2 Å². The summed E-state index contributed by atoms with van der Waals surface area (Å²) in [5, 5.41) is 12.7. The van der Waals surface area contributed by atoms with Crippen LogP contribution in [0.1, 0.15) is 74.9 Å². The van der Waals surface area contributed by atoms with Gasteiger partial charge in [-0.25, -0.2) is 9.59 Å². The Bertz CT molecular complexity index is 793. The molecule has 0 aliphatic heterocycles. The lowest BCUT2D eigenvalue weighted by Gasteiger charge is -2.12. The van der Waals surface area contributed by atoms with Crippen molar-refractivity contribution in [2.24, 2.45) is 5.92 Å². The van der Waals surface area contributed by atoms with Crippen molar-refractivity contribution < 1.29 is 23.8 Å². The Balaban J connectivity index is 2.77. The van der Waals surface area contributed by atoms with Crippen molar-refractivity contribution in [3.8, 4) is 5.75 Å². The number of methoxy groups -OCH3 is 1. The first-order valence-corrected chi connectivity index (χ1v) is 9.87. The normalized spacial score (nSPS) is 13.5. The number of rotatable bonds is 11. The molecular formula is C22H31NO6. The molecule has 0 spiro atoms. The number of aromatic hydroxyl groups is 1. The van der Waals surface area contributed by atoms with Gasteiger partial charge in [0.2, 0.25) is 0 Å². The molecule has 0 aromatic carbocycles. The average molecular weight is 405 g/mol. The maximum absolute atomic E-state index is 12.5. The molecule has 0 aliphatic rings. The highest BCUT2D eigenvalue weighted by molar-refractivity contribution is 5.99. The minimum absolute atomic E-state index is 0.157. The summed E-state index contributed by atoms with van der Waals surface area (Å²) >= 11 is 0. The van der Waals surface area contributed by atoms with Crippen LogP contribution >= 0.6 is 0 Å². The van der Waals surface area contributed by atoms with Gasteiger partial charge in [0, 0.05) is 24.1 Å². The highest BCUT2D eigenvalue weighted by Gasteiger charge is 2.24. The third-order valence-corrected chi connectivity index (χ3v) is 4.51. The van der Waals surface area contributed by atoms with E-state index in [0.717, 1.165) is 12.8 Å². The van der Waals surface area contributed by atoms with Crippen LogP contribution in [-0.2, 0) is 4.74 Å². The number of unbranched alkanes of at least 4 members (excludes halogenated alkanes) is 1. The first-order valence-electron chi connectivity index (χ1n) is 9.87. The first kappa shape index (κ1) is 24.2. The van der Waals surface area contributed by atoms with Crippen molar-refractivity contribution in [2.45, 2.75) is 58.8 Å². The number of alkyl carbamates (subject to hydrolysis) is 1. The molecule has 1 aromatic heterocycles. The molecular weight excluding hydrogens is 374 g/mol. The molecule has 1 aromatic rings. The van der Waals surface area contributed by atoms with Gasteiger partial charge in [-0.15, -0.1) is 0 Å². The van der Waals surface area contributed by atoms with Crippen LogP contribution in [0, 0.1) is 5.92 Å². The molecule has 7 nitrogen and oxygen atoms in total. The van der Waals surface area contributed by atoms with Crippen LogP contribution in [0.4, 0.5) is 4.79 Å². The molecule has 0 bridgehead atoms. The van der Waals surface area contributed by atoms with Crippen LogP contribution in [-0.4, -0.2) is 24.1 Å². The smallest absolute Gasteiger partial charge is 0.410 e. The Hall–Kier alpha value is -2.83. The summed E-state index contributed by atoms with van der Waals surface area (Å²) in [5.41, 5.74) is -1.11. The molecule has 0 saturated carbocycles. The minimum atomic E-state index is -0.816. The minimum Gasteiger partial charge on any atom is -0.507 e. The van der Waals surface area contributed by atoms with E-state index in [1.165, 1.54) is 19.4 Å². The van der Waals surface area contributed by atoms with Gasteiger partial charge in [0.25, 0.3) is 0 Å². The van der Waals surface area contributed by atoms with E-state index in [2.05, 4.69) is 17.0 Å². The monoisotopic (exact) mass is 405 g/mol. The molecule has 2 unspecified atom stereocenters. The summed E-state index contributed by atoms with van der Waals surface area (Å²) in [5.74, 6) is -1.04. The average Bonchev–Trinajstić information content (AvgIpc) is 2.69. The first-order chi connectivity index (χ1) is 13.8. The topological polar surface area (TPSA) is 106 Å². The van der Waals surface area contributed by atoms with Crippen molar-refractivity contribution in [3.63, 3.8) is 0 Å². The second-order valence-corrected chi connectivity index (χ2v) is 6.97. The molecule has 1 amide bonds. The Labute approximate surface area is 171 Å². The Morgan fingerprint density at radius 3 is 2.59 bits per heavy atom. The second-order valence-electron chi connectivity index (χ2n) is 6.97. The van der Waals surface area contributed by atoms with Crippen LogP contribution in [0.5, 0.6) is 5.75 Å². The van der Waals surface area contributed by atoms with Gasteiger partial charge in [0.05, 0.1) is 7.11 Å². The van der Waals surface area contributed by atoms with E-state index in [1.54, 1.807) is 13.0 Å². The lowest BCUT2D eigenvalue weighted by atomic mass is 9.95. The summed E-state index contributed by atoms with van der Waals surface area (Å²) in [6, 6.07) is 1.34. The fourth-order valence-electron chi connectivity index (χ4n) is 2.66. The number of hydrogen-bond acceptors (Lipinski definition) is 6. The van der Waals surface area contributed by atoms with Crippen molar-refractivity contribution >= 4 is 11.9 Å². The third kappa shape index (κ3) is 7.97. The van der Waals surface area contributed by atoms with Crippen LogP contribution in [0.25, 0.3) is 0 Å². The number of allylic oxidation sites excluding steroid dienone is 3. The Kier molecular flexibility index (Phi) is 10.5. The predicted molar refractivity (Wildman–Crippen MR) is 111 cm³/mol. The van der Waals surface area contributed by atoms with Crippen molar-refractivity contribution in [2.75, 3.05) is 7.11 Å². The molecule has 0 saturated heterocycles. The van der Waals surface area contributed by atoms with Gasteiger partial charge in [0.1, 0.15) is 17.1 Å². The van der Waals surface area contributed by atoms with Crippen molar-refractivity contribution in [3.05, 3.63) is 52.2 Å². The van der Waals surface area contributed by atoms with Crippen LogP contribution in [0.15, 0.2) is 39.7 Å². The molecule has 29 heavy (non-hydrogen) atoms. The van der Waals surface area contributed by atoms with E-state index >= 15 is 0 Å². The fraction of sp³-hybridized carbons (Fsp3) is 0.500. The van der Waals surface area contributed by atoms with Gasteiger partial charge >= 0.3 is 11.7 Å². The number of ether oxygens (including phenoxy) is 1. The standard InChI is InChI=1S/C22H31NO6/c1-5-6-7-8-12-16(3)20(25)19-17(24)14-18(29-21(19)26)15(2)11-9-10-13-23-22(27)28-4/h7-8,10,13-16,24H,5-6,9,11-12H2,1-4H3,(H,23,27)/b8-7+,13-10+. The van der Waals surface area contributed by atoms with Gasteiger partial charge < -0.3 is 14.3 Å². The largest absolute Gasteiger partial charge is 0.507 e. The lowest BCUT2D eigenvalue weighted by molar-refractivity contribution is 0.0923. The Morgan fingerprint density at radius 1 is 1.24 bits per heavy atom. The maximum Gasteiger partial charge on any atom is 0.410 e. The fourth-order valence-corrected chi connectivity index (χ4v) is 2.66. The molecule has 1 heterocycles. The number of carbonyl (C=O) groups excluding carboxylic acids is 2. The number of Topliss-reactive ketones (excluding diaryl/α,β-unsaturated/α-hetero) is 1.